The van der Waals surface area contributed by atoms with Gasteiger partial charge in [0.15, 0.2) is 0 Å². The van der Waals surface area contributed by atoms with E-state index >= 15 is 0 Å². The monoisotopic (exact) mass is 379 g/mol. The number of nitrogens with zero attached hydrogens (tertiary/aromatic N) is 3. The van der Waals surface area contributed by atoms with Crippen LogP contribution in [0.3, 0.4) is 0 Å². The van der Waals surface area contributed by atoms with Gasteiger partial charge in [-0.2, -0.15) is 4.37 Å². The summed E-state index contributed by atoms with van der Waals surface area (Å²) in [7, 11) is 2.02. The fourth-order valence-electron chi connectivity index (χ4n) is 2.11. The molecule has 0 saturated carbocycles. The lowest BCUT2D eigenvalue weighted by Gasteiger charge is -2.17. The van der Waals surface area contributed by atoms with Gasteiger partial charge in [0.25, 0.3) is 0 Å². The van der Waals surface area contributed by atoms with E-state index in [0.717, 1.165) is 28.3 Å². The van der Waals surface area contributed by atoms with Crippen LogP contribution < -0.4 is 4.74 Å². The molecule has 0 unspecified atom stereocenters. The number of halogens is 1. The molecule has 1 aromatic heterocycles. The molecule has 1 aromatic carbocycles. The largest absolute Gasteiger partial charge is 0.443 e. The molecule has 0 bridgehead atoms. The van der Waals surface area contributed by atoms with Gasteiger partial charge in [-0.05, 0) is 56.9 Å². The van der Waals surface area contributed by atoms with Crippen LogP contribution in [0.1, 0.15) is 50.4 Å². The fourth-order valence-corrected chi connectivity index (χ4v) is 3.36. The maximum atomic E-state index is 6.40. The number of aryl methyl sites for hydroxylation is 2. The summed E-state index contributed by atoms with van der Waals surface area (Å²) in [6.07, 6.45) is 1.86. The van der Waals surface area contributed by atoms with E-state index in [2.05, 4.69) is 42.0 Å². The Bertz CT molecular complexity index is 768. The van der Waals surface area contributed by atoms with Crippen LogP contribution in [0.15, 0.2) is 17.1 Å². The smallest absolute Gasteiger partial charge is 0.219 e. The van der Waals surface area contributed by atoms with Crippen LogP contribution in [0.25, 0.3) is 0 Å². The molecule has 136 valence electrons. The maximum Gasteiger partial charge on any atom is 0.219 e. The fraction of sp³-hybridized carbons (Fsp3) is 0.474. The zero-order chi connectivity index (χ0) is 18.7. The molecule has 25 heavy (non-hydrogen) atoms. The number of hydrogen-bond acceptors (Lipinski definition) is 4. The lowest BCUT2D eigenvalue weighted by molar-refractivity contribution is 0.429. The minimum atomic E-state index is 0.276. The second kappa shape index (κ2) is 8.19. The van der Waals surface area contributed by atoms with E-state index in [4.69, 9.17) is 16.3 Å². The lowest BCUT2D eigenvalue weighted by Crippen LogP contribution is -2.24. The Morgan fingerprint density at radius 2 is 1.88 bits per heavy atom. The molecule has 0 aliphatic rings. The first-order valence-electron chi connectivity index (χ1n) is 8.41. The lowest BCUT2D eigenvalue weighted by atomic mass is 10.1. The van der Waals surface area contributed by atoms with E-state index in [0.29, 0.717) is 16.1 Å². The molecule has 2 aromatic rings. The van der Waals surface area contributed by atoms with Crippen LogP contribution >= 0.6 is 23.1 Å². The number of rotatable bonds is 6. The molecule has 0 spiro atoms. The predicted molar refractivity (Wildman–Crippen MR) is 108 cm³/mol. The first-order chi connectivity index (χ1) is 11.7. The third-order valence-electron chi connectivity index (χ3n) is 4.07. The molecule has 0 radical (unpaired) electrons. The van der Waals surface area contributed by atoms with Crippen LogP contribution in [-0.2, 0) is 0 Å². The molecule has 0 saturated heterocycles. The van der Waals surface area contributed by atoms with Crippen molar-refractivity contribution in [2.45, 2.75) is 53.5 Å². The summed E-state index contributed by atoms with van der Waals surface area (Å²) in [5, 5.41) is 1.25. The van der Waals surface area contributed by atoms with Crippen molar-refractivity contribution in [2.24, 2.45) is 4.99 Å². The standard InChI is InChI=1S/C19H26ClN3OS/c1-11(2)18-17(20)19(25-22-18)24-16-9-13(5)15(8-14(16)6)21-10-23(7)12(3)4/h8-12H,1-7H3/b21-10-. The Labute approximate surface area is 159 Å². The highest BCUT2D eigenvalue weighted by atomic mass is 35.5. The number of aromatic nitrogens is 1. The van der Waals surface area contributed by atoms with E-state index in [1.165, 1.54) is 11.5 Å². The molecule has 6 heteroatoms. The Hall–Kier alpha value is -1.59. The zero-order valence-electron chi connectivity index (χ0n) is 15.9. The third-order valence-corrected chi connectivity index (χ3v) is 5.29. The van der Waals surface area contributed by atoms with Crippen molar-refractivity contribution in [2.75, 3.05) is 7.05 Å². The van der Waals surface area contributed by atoms with E-state index in [1.807, 2.05) is 39.4 Å². The Morgan fingerprint density at radius 1 is 1.20 bits per heavy atom. The van der Waals surface area contributed by atoms with Crippen LogP contribution in [0.4, 0.5) is 5.69 Å². The molecule has 0 aliphatic carbocycles. The second-order valence-electron chi connectivity index (χ2n) is 6.83. The van der Waals surface area contributed by atoms with Crippen molar-refractivity contribution < 1.29 is 4.74 Å². The van der Waals surface area contributed by atoms with Gasteiger partial charge < -0.3 is 9.64 Å². The van der Waals surface area contributed by atoms with Crippen molar-refractivity contribution >= 4 is 35.2 Å². The number of hydrogen-bond donors (Lipinski definition) is 0. The number of aliphatic imine (C=N–C) groups is 1. The van der Waals surface area contributed by atoms with Gasteiger partial charge in [-0.15, -0.1) is 0 Å². The highest BCUT2D eigenvalue weighted by Crippen LogP contribution is 2.40. The molecule has 0 fully saturated rings. The van der Waals surface area contributed by atoms with E-state index in [9.17, 15) is 0 Å². The summed E-state index contributed by atoms with van der Waals surface area (Å²) in [6.45, 7) is 12.4. The molecule has 0 amide bonds. The summed E-state index contributed by atoms with van der Waals surface area (Å²) in [6, 6.07) is 4.45. The van der Waals surface area contributed by atoms with Crippen molar-refractivity contribution in [3.63, 3.8) is 0 Å². The quantitative estimate of drug-likeness (QED) is 0.434. The summed E-state index contributed by atoms with van der Waals surface area (Å²) in [5.74, 6) is 1.06. The highest BCUT2D eigenvalue weighted by molar-refractivity contribution is 7.08. The normalized spacial score (nSPS) is 11.8. The van der Waals surface area contributed by atoms with Gasteiger partial charge in [0, 0.05) is 24.6 Å². The third kappa shape index (κ3) is 4.73. The first kappa shape index (κ1) is 19.7. The summed E-state index contributed by atoms with van der Waals surface area (Å²) >= 11 is 7.70. The Balaban J connectivity index is 2.25. The van der Waals surface area contributed by atoms with Crippen LogP contribution in [-0.4, -0.2) is 28.7 Å². The zero-order valence-corrected chi connectivity index (χ0v) is 17.5. The van der Waals surface area contributed by atoms with E-state index in [-0.39, 0.29) is 5.92 Å². The summed E-state index contributed by atoms with van der Waals surface area (Å²) in [4.78, 5) is 6.66. The van der Waals surface area contributed by atoms with Crippen LogP contribution in [0.2, 0.25) is 5.02 Å². The highest BCUT2D eigenvalue weighted by Gasteiger charge is 2.17. The number of ether oxygens (including phenoxy) is 1. The average Bonchev–Trinajstić information content (AvgIpc) is 2.89. The molecule has 0 N–H and O–H groups in total. The molecule has 2 rings (SSSR count). The van der Waals surface area contributed by atoms with E-state index in [1.54, 1.807) is 0 Å². The molecule has 1 heterocycles. The molecular weight excluding hydrogens is 354 g/mol. The predicted octanol–water partition coefficient (Wildman–Crippen LogP) is 6.33. The Morgan fingerprint density at radius 3 is 2.44 bits per heavy atom. The van der Waals surface area contributed by atoms with Crippen molar-refractivity contribution in [1.29, 1.82) is 0 Å². The first-order valence-corrected chi connectivity index (χ1v) is 9.56. The topological polar surface area (TPSA) is 37.7 Å². The van der Waals surface area contributed by atoms with Gasteiger partial charge in [0.2, 0.25) is 5.06 Å². The van der Waals surface area contributed by atoms with Gasteiger partial charge in [0.1, 0.15) is 10.8 Å². The summed E-state index contributed by atoms with van der Waals surface area (Å²) in [5.41, 5.74) is 3.89. The van der Waals surface area contributed by atoms with Crippen molar-refractivity contribution in [3.05, 3.63) is 34.0 Å². The van der Waals surface area contributed by atoms with Gasteiger partial charge in [-0.25, -0.2) is 4.99 Å². The molecule has 0 atom stereocenters. The van der Waals surface area contributed by atoms with Crippen molar-refractivity contribution in [1.82, 2.24) is 9.27 Å². The summed E-state index contributed by atoms with van der Waals surface area (Å²) < 4.78 is 10.4. The Kier molecular flexibility index (Phi) is 6.47. The SMILES string of the molecule is Cc1cc(Oc2snc(C(C)C)c2Cl)c(C)cc1/N=C\N(C)C(C)C. The van der Waals surface area contributed by atoms with E-state index < -0.39 is 0 Å². The molecule has 4 nitrogen and oxygen atoms in total. The molecule has 0 aliphatic heterocycles. The second-order valence-corrected chi connectivity index (χ2v) is 7.95. The van der Waals surface area contributed by atoms with Crippen LogP contribution in [0, 0.1) is 13.8 Å². The van der Waals surface area contributed by atoms with Crippen LogP contribution in [0.5, 0.6) is 10.8 Å². The van der Waals surface area contributed by atoms with Gasteiger partial charge in [-0.1, -0.05) is 25.4 Å². The minimum Gasteiger partial charge on any atom is -0.443 e. The number of benzene rings is 1. The minimum absolute atomic E-state index is 0.276. The molecular formula is C19H26ClN3OS. The average molecular weight is 380 g/mol. The van der Waals surface area contributed by atoms with Gasteiger partial charge >= 0.3 is 0 Å². The maximum absolute atomic E-state index is 6.40. The van der Waals surface area contributed by atoms with Crippen molar-refractivity contribution in [3.8, 4) is 10.8 Å². The van der Waals surface area contributed by atoms with Gasteiger partial charge in [0.05, 0.1) is 17.7 Å². The van der Waals surface area contributed by atoms with Gasteiger partial charge in [-0.3, -0.25) is 0 Å².